The minimum Gasteiger partial charge on any atom is -0.463 e. The van der Waals surface area contributed by atoms with Crippen molar-refractivity contribution in [3.8, 4) is 0 Å². The smallest absolute Gasteiger partial charge is 0.303 e. The van der Waals surface area contributed by atoms with Crippen molar-refractivity contribution in [2.45, 2.75) is 58.3 Å². The number of carbonyl (C=O) groups is 4. The lowest BCUT2D eigenvalue weighted by Crippen LogP contribution is -2.66. The second-order valence-electron chi connectivity index (χ2n) is 6.21. The Morgan fingerprint density at radius 1 is 0.966 bits per heavy atom. The molecule has 0 saturated carbocycles. The van der Waals surface area contributed by atoms with E-state index in [4.69, 9.17) is 28.8 Å². The van der Waals surface area contributed by atoms with Gasteiger partial charge in [-0.1, -0.05) is 12.2 Å². The predicted molar refractivity (Wildman–Crippen MR) is 96.2 cm³/mol. The molecule has 2 N–H and O–H groups in total. The van der Waals surface area contributed by atoms with Crippen LogP contribution in [-0.4, -0.2) is 79.4 Å². The average Bonchev–Trinajstić information content (AvgIpc) is 2.60. The third kappa shape index (κ3) is 8.59. The van der Waals surface area contributed by atoms with Crippen molar-refractivity contribution >= 4 is 23.8 Å². The molecule has 0 bridgehead atoms. The molecule has 1 aliphatic rings. The van der Waals surface area contributed by atoms with Gasteiger partial charge in [0.15, 0.2) is 18.5 Å². The Morgan fingerprint density at radius 2 is 1.59 bits per heavy atom. The first-order valence-electron chi connectivity index (χ1n) is 8.93. The van der Waals surface area contributed by atoms with Crippen LogP contribution in [0.2, 0.25) is 0 Å². The first-order valence-corrected chi connectivity index (χ1v) is 8.93. The van der Waals surface area contributed by atoms with E-state index in [2.05, 4.69) is 5.32 Å². The zero-order valence-electron chi connectivity index (χ0n) is 16.8. The lowest BCUT2D eigenvalue weighted by molar-refractivity contribution is -0.275. The molecule has 0 aromatic heterocycles. The molecule has 5 atom stereocenters. The first kappa shape index (κ1) is 24.5. The van der Waals surface area contributed by atoms with E-state index in [0.717, 1.165) is 13.8 Å². The number of carbonyl (C=O) groups excluding carboxylic acids is 4. The number of aliphatic hydroxyl groups excluding tert-OH is 1. The number of nitrogens with one attached hydrogen (secondary N) is 1. The largest absolute Gasteiger partial charge is 0.463 e. The van der Waals surface area contributed by atoms with Gasteiger partial charge in [-0.05, 0) is 0 Å². The summed E-state index contributed by atoms with van der Waals surface area (Å²) in [5.74, 6) is -2.42. The molecule has 0 aliphatic carbocycles. The summed E-state index contributed by atoms with van der Waals surface area (Å²) < 4.78 is 26.9. The molecule has 164 valence electrons. The number of aliphatic hydroxyl groups is 1. The van der Waals surface area contributed by atoms with E-state index in [0.29, 0.717) is 0 Å². The van der Waals surface area contributed by atoms with Gasteiger partial charge in [-0.15, -0.1) is 0 Å². The van der Waals surface area contributed by atoms with Gasteiger partial charge in [0, 0.05) is 27.7 Å². The van der Waals surface area contributed by atoms with Gasteiger partial charge < -0.3 is 34.1 Å². The Morgan fingerprint density at radius 3 is 2.10 bits per heavy atom. The summed E-state index contributed by atoms with van der Waals surface area (Å²) in [6, 6.07) is -1.02. The lowest BCUT2D eigenvalue weighted by Gasteiger charge is -2.44. The summed E-state index contributed by atoms with van der Waals surface area (Å²) >= 11 is 0. The van der Waals surface area contributed by atoms with Gasteiger partial charge in [0.2, 0.25) is 5.91 Å². The van der Waals surface area contributed by atoms with Crippen LogP contribution in [0.1, 0.15) is 27.7 Å². The van der Waals surface area contributed by atoms with E-state index in [1.54, 1.807) is 0 Å². The fourth-order valence-electron chi connectivity index (χ4n) is 2.73. The van der Waals surface area contributed by atoms with Crippen molar-refractivity contribution < 1.29 is 48.0 Å². The van der Waals surface area contributed by atoms with Crippen LogP contribution in [0.3, 0.4) is 0 Å². The van der Waals surface area contributed by atoms with Crippen LogP contribution in [0.4, 0.5) is 0 Å². The molecule has 1 aliphatic heterocycles. The molecule has 11 nitrogen and oxygen atoms in total. The molecule has 0 aromatic carbocycles. The highest BCUT2D eigenvalue weighted by atomic mass is 16.7. The maximum Gasteiger partial charge on any atom is 0.303 e. The number of hydrogen-bond acceptors (Lipinski definition) is 10. The number of rotatable bonds is 9. The molecular weight excluding hydrogens is 390 g/mol. The number of amides is 1. The summed E-state index contributed by atoms with van der Waals surface area (Å²) in [6.07, 6.45) is -1.52. The number of hydrogen-bond donors (Lipinski definition) is 2. The van der Waals surface area contributed by atoms with Crippen molar-refractivity contribution in [1.82, 2.24) is 5.32 Å². The average molecular weight is 417 g/mol. The summed E-state index contributed by atoms with van der Waals surface area (Å²) in [7, 11) is 0. The van der Waals surface area contributed by atoms with Gasteiger partial charge in [0.05, 0.1) is 13.2 Å². The molecule has 29 heavy (non-hydrogen) atoms. The van der Waals surface area contributed by atoms with E-state index >= 15 is 0 Å². The van der Waals surface area contributed by atoms with Crippen molar-refractivity contribution in [2.75, 3.05) is 19.8 Å². The molecule has 1 heterocycles. The minimum atomic E-state index is -1.17. The van der Waals surface area contributed by atoms with Crippen LogP contribution in [0.25, 0.3) is 0 Å². The van der Waals surface area contributed by atoms with Gasteiger partial charge in [-0.2, -0.15) is 0 Å². The van der Waals surface area contributed by atoms with Gasteiger partial charge >= 0.3 is 17.9 Å². The molecule has 1 saturated heterocycles. The van der Waals surface area contributed by atoms with Crippen LogP contribution in [0, 0.1) is 0 Å². The quantitative estimate of drug-likeness (QED) is 0.278. The Labute approximate surface area is 168 Å². The highest BCUT2D eigenvalue weighted by Gasteiger charge is 2.51. The van der Waals surface area contributed by atoms with Crippen molar-refractivity contribution in [3.63, 3.8) is 0 Å². The molecule has 0 unspecified atom stereocenters. The Kier molecular flexibility index (Phi) is 10.3. The summed E-state index contributed by atoms with van der Waals surface area (Å²) in [5.41, 5.74) is 0. The fourth-order valence-corrected chi connectivity index (χ4v) is 2.73. The Bertz CT molecular complexity index is 620. The molecule has 1 rings (SSSR count). The van der Waals surface area contributed by atoms with E-state index < -0.39 is 54.5 Å². The molecule has 0 aromatic rings. The highest BCUT2D eigenvalue weighted by molar-refractivity contribution is 5.73. The molecule has 0 spiro atoms. The van der Waals surface area contributed by atoms with Crippen molar-refractivity contribution in [3.05, 3.63) is 12.2 Å². The van der Waals surface area contributed by atoms with Gasteiger partial charge in [-0.25, -0.2) is 0 Å². The predicted octanol–water partition coefficient (Wildman–Crippen LogP) is -0.792. The zero-order valence-corrected chi connectivity index (χ0v) is 16.8. The molecule has 1 amide bonds. The zero-order chi connectivity index (χ0) is 22.0. The lowest BCUT2D eigenvalue weighted by atomic mass is 9.96. The number of esters is 3. The van der Waals surface area contributed by atoms with Crippen LogP contribution in [0.5, 0.6) is 0 Å². The minimum absolute atomic E-state index is 0.00657. The Hall–Kier alpha value is -2.50. The van der Waals surface area contributed by atoms with Gasteiger partial charge in [0.25, 0.3) is 0 Å². The van der Waals surface area contributed by atoms with Crippen LogP contribution >= 0.6 is 0 Å². The summed E-state index contributed by atoms with van der Waals surface area (Å²) in [6.45, 7) is 4.27. The van der Waals surface area contributed by atoms with E-state index in [-0.39, 0.29) is 19.8 Å². The second-order valence-corrected chi connectivity index (χ2v) is 6.21. The maximum atomic E-state index is 11.7. The first-order chi connectivity index (χ1) is 13.6. The van der Waals surface area contributed by atoms with E-state index in [1.165, 1.54) is 26.0 Å². The standard InChI is InChI=1S/C18H27NO10/c1-10(21)19-15-17(28-13(4)24)16(27-12(3)23)14(9-26-11(2)22)29-18(15)25-8-6-5-7-20/h5-6,14-18,20H,7-9H2,1-4H3,(H,19,21)/b6-5-/t14-,15-,16-,17-,18-/m1/s1. The third-order valence-corrected chi connectivity index (χ3v) is 3.70. The van der Waals surface area contributed by atoms with E-state index in [1.807, 2.05) is 0 Å². The van der Waals surface area contributed by atoms with Crippen LogP contribution in [0.15, 0.2) is 12.2 Å². The topological polar surface area (TPSA) is 147 Å². The normalized spacial score (nSPS) is 26.6. The SMILES string of the molecule is CC(=O)N[C@H]1[C@H](OC/C=C\CO)O[C@H](COC(C)=O)[C@@H](OC(C)=O)[C@@H]1OC(C)=O. The van der Waals surface area contributed by atoms with Crippen LogP contribution in [-0.2, 0) is 42.9 Å². The fraction of sp³-hybridized carbons (Fsp3) is 0.667. The van der Waals surface area contributed by atoms with E-state index in [9.17, 15) is 19.2 Å². The maximum absolute atomic E-state index is 11.7. The van der Waals surface area contributed by atoms with Crippen molar-refractivity contribution in [1.29, 1.82) is 0 Å². The third-order valence-electron chi connectivity index (χ3n) is 3.70. The summed E-state index contributed by atoms with van der Waals surface area (Å²) in [4.78, 5) is 46.2. The monoisotopic (exact) mass is 417 g/mol. The summed E-state index contributed by atoms with van der Waals surface area (Å²) in [5, 5.41) is 11.4. The van der Waals surface area contributed by atoms with Gasteiger partial charge in [-0.3, -0.25) is 19.2 Å². The highest BCUT2D eigenvalue weighted by Crippen LogP contribution is 2.28. The number of ether oxygens (including phenoxy) is 5. The molecule has 0 radical (unpaired) electrons. The van der Waals surface area contributed by atoms with Crippen LogP contribution < -0.4 is 5.32 Å². The molecule has 11 heteroatoms. The molecule has 1 fully saturated rings. The van der Waals surface area contributed by atoms with Gasteiger partial charge in [0.1, 0.15) is 18.8 Å². The second kappa shape index (κ2) is 12.1. The van der Waals surface area contributed by atoms with Crippen molar-refractivity contribution in [2.24, 2.45) is 0 Å². The molecular formula is C18H27NO10. The Balaban J connectivity index is 3.22.